The molecule has 0 atom stereocenters. The molecule has 5 nitrogen and oxygen atoms in total. The van der Waals surface area contributed by atoms with E-state index in [1.807, 2.05) is 0 Å². The van der Waals surface area contributed by atoms with Crippen LogP contribution in [0, 0.1) is 5.41 Å². The Morgan fingerprint density at radius 3 is 2.48 bits per heavy atom. The Morgan fingerprint density at radius 2 is 1.91 bits per heavy atom. The maximum atomic E-state index is 9.76. The van der Waals surface area contributed by atoms with Gasteiger partial charge >= 0.3 is 0 Å². The lowest BCUT2D eigenvalue weighted by Gasteiger charge is -2.34. The lowest BCUT2D eigenvalue weighted by Crippen LogP contribution is -2.37. The van der Waals surface area contributed by atoms with Crippen molar-refractivity contribution in [1.29, 1.82) is 0 Å². The summed E-state index contributed by atoms with van der Waals surface area (Å²) in [6, 6.07) is 2.43. The zero-order chi connectivity index (χ0) is 14.9. The van der Waals surface area contributed by atoms with Crippen molar-refractivity contribution in [1.82, 2.24) is 9.97 Å². The van der Waals surface area contributed by atoms with Crippen LogP contribution in [0.3, 0.4) is 0 Å². The Labute approximate surface area is 150 Å². The summed E-state index contributed by atoms with van der Waals surface area (Å²) in [5.74, 6) is 1.45. The molecule has 2 saturated carbocycles. The monoisotopic (exact) mass is 362 g/mol. The molecule has 132 valence electrons. The SMILES string of the molecule is CN(CC1(CO)CCCC1)c1cc(C2CC(N)C2)ncn1.Cl.Cl. The molecule has 1 heterocycles. The molecule has 0 radical (unpaired) electrons. The Hall–Kier alpha value is -0.620. The first-order valence-corrected chi connectivity index (χ1v) is 8.01. The molecular weight excluding hydrogens is 335 g/mol. The van der Waals surface area contributed by atoms with Gasteiger partial charge in [-0.3, -0.25) is 0 Å². The molecule has 0 spiro atoms. The van der Waals surface area contributed by atoms with Crippen LogP contribution < -0.4 is 10.6 Å². The first-order chi connectivity index (χ1) is 10.1. The van der Waals surface area contributed by atoms with E-state index in [2.05, 4.69) is 28.0 Å². The van der Waals surface area contributed by atoms with Crippen LogP contribution in [0.25, 0.3) is 0 Å². The van der Waals surface area contributed by atoms with Crippen molar-refractivity contribution in [3.05, 3.63) is 18.1 Å². The average Bonchev–Trinajstić information content (AvgIpc) is 2.93. The van der Waals surface area contributed by atoms with Gasteiger partial charge in [0.2, 0.25) is 0 Å². The van der Waals surface area contributed by atoms with Gasteiger partial charge in [0.1, 0.15) is 12.1 Å². The molecule has 0 aliphatic heterocycles. The van der Waals surface area contributed by atoms with E-state index in [0.717, 1.165) is 43.7 Å². The molecule has 0 aromatic carbocycles. The Kier molecular flexibility index (Phi) is 7.52. The summed E-state index contributed by atoms with van der Waals surface area (Å²) in [5.41, 5.74) is 7.03. The second kappa shape index (κ2) is 8.47. The summed E-state index contributed by atoms with van der Waals surface area (Å²) in [7, 11) is 2.06. The van der Waals surface area contributed by atoms with E-state index in [1.54, 1.807) is 6.33 Å². The molecule has 2 fully saturated rings. The third-order valence-corrected chi connectivity index (χ3v) is 5.23. The minimum atomic E-state index is 0. The van der Waals surface area contributed by atoms with Gasteiger partial charge in [-0.25, -0.2) is 9.97 Å². The van der Waals surface area contributed by atoms with Gasteiger partial charge in [0.25, 0.3) is 0 Å². The first-order valence-electron chi connectivity index (χ1n) is 8.01. The largest absolute Gasteiger partial charge is 0.396 e. The first kappa shape index (κ1) is 20.4. The van der Waals surface area contributed by atoms with E-state index in [9.17, 15) is 5.11 Å². The van der Waals surface area contributed by atoms with E-state index in [1.165, 1.54) is 12.8 Å². The van der Waals surface area contributed by atoms with Crippen LogP contribution in [-0.4, -0.2) is 41.3 Å². The van der Waals surface area contributed by atoms with Crippen molar-refractivity contribution >= 4 is 30.6 Å². The van der Waals surface area contributed by atoms with Crippen molar-refractivity contribution in [3.8, 4) is 0 Å². The van der Waals surface area contributed by atoms with Gasteiger partial charge in [0, 0.05) is 42.7 Å². The van der Waals surface area contributed by atoms with Crippen LogP contribution in [0.15, 0.2) is 12.4 Å². The number of aliphatic hydroxyl groups excluding tert-OH is 1. The number of halogens is 2. The smallest absolute Gasteiger partial charge is 0.131 e. The molecule has 3 N–H and O–H groups in total. The maximum Gasteiger partial charge on any atom is 0.131 e. The molecular formula is C16H28Cl2N4O. The number of aromatic nitrogens is 2. The van der Waals surface area contributed by atoms with Crippen LogP contribution >= 0.6 is 24.8 Å². The highest BCUT2D eigenvalue weighted by Crippen LogP contribution is 2.39. The van der Waals surface area contributed by atoms with Crippen LogP contribution in [-0.2, 0) is 0 Å². The fourth-order valence-electron chi connectivity index (χ4n) is 3.77. The fraction of sp³-hybridized carbons (Fsp3) is 0.750. The Balaban J connectivity index is 0.00000132. The normalized spacial score (nSPS) is 25.0. The summed E-state index contributed by atoms with van der Waals surface area (Å²) in [6.45, 7) is 1.14. The third kappa shape index (κ3) is 4.47. The van der Waals surface area contributed by atoms with Gasteiger partial charge in [-0.15, -0.1) is 24.8 Å². The number of aliphatic hydroxyl groups is 1. The van der Waals surface area contributed by atoms with Gasteiger partial charge in [-0.1, -0.05) is 12.8 Å². The third-order valence-electron chi connectivity index (χ3n) is 5.23. The van der Waals surface area contributed by atoms with Crippen molar-refractivity contribution in [3.63, 3.8) is 0 Å². The molecule has 0 saturated heterocycles. The second-order valence-electron chi connectivity index (χ2n) is 6.95. The molecule has 2 aliphatic rings. The van der Waals surface area contributed by atoms with Crippen molar-refractivity contribution in [2.45, 2.75) is 50.5 Å². The predicted octanol–water partition coefficient (Wildman–Crippen LogP) is 2.51. The summed E-state index contributed by atoms with van der Waals surface area (Å²) >= 11 is 0. The highest BCUT2D eigenvalue weighted by atomic mass is 35.5. The van der Waals surface area contributed by atoms with Crippen molar-refractivity contribution in [2.24, 2.45) is 11.1 Å². The van der Waals surface area contributed by atoms with Crippen molar-refractivity contribution < 1.29 is 5.11 Å². The molecule has 1 aromatic heterocycles. The van der Waals surface area contributed by atoms with Crippen LogP contribution in [0.4, 0.5) is 5.82 Å². The number of hydrogen-bond acceptors (Lipinski definition) is 5. The van der Waals surface area contributed by atoms with Gasteiger partial charge < -0.3 is 15.7 Å². The van der Waals surface area contributed by atoms with E-state index >= 15 is 0 Å². The highest BCUT2D eigenvalue weighted by Gasteiger charge is 2.35. The number of hydrogen-bond donors (Lipinski definition) is 2. The zero-order valence-corrected chi connectivity index (χ0v) is 15.3. The summed E-state index contributed by atoms with van der Waals surface area (Å²) < 4.78 is 0. The van der Waals surface area contributed by atoms with E-state index in [4.69, 9.17) is 5.73 Å². The van der Waals surface area contributed by atoms with Gasteiger partial charge in [-0.2, -0.15) is 0 Å². The molecule has 23 heavy (non-hydrogen) atoms. The Morgan fingerprint density at radius 1 is 1.26 bits per heavy atom. The summed E-state index contributed by atoms with van der Waals surface area (Å²) in [4.78, 5) is 11.0. The quantitative estimate of drug-likeness (QED) is 0.841. The summed E-state index contributed by atoms with van der Waals surface area (Å²) in [5, 5.41) is 9.76. The molecule has 0 unspecified atom stereocenters. The zero-order valence-electron chi connectivity index (χ0n) is 13.6. The van der Waals surface area contributed by atoms with Crippen LogP contribution in [0.1, 0.15) is 50.1 Å². The van der Waals surface area contributed by atoms with Gasteiger partial charge in [-0.05, 0) is 25.7 Å². The molecule has 0 amide bonds. The minimum absolute atomic E-state index is 0. The number of rotatable bonds is 5. The van der Waals surface area contributed by atoms with Crippen LogP contribution in [0.5, 0.6) is 0 Å². The summed E-state index contributed by atoms with van der Waals surface area (Å²) in [6.07, 6.45) is 8.39. The van der Waals surface area contributed by atoms with E-state index < -0.39 is 0 Å². The Bertz CT molecular complexity index is 491. The average molecular weight is 363 g/mol. The number of nitrogens with two attached hydrogens (primary N) is 1. The maximum absolute atomic E-state index is 9.76. The van der Waals surface area contributed by atoms with Gasteiger partial charge in [0.05, 0.1) is 6.61 Å². The molecule has 1 aromatic rings. The fourth-order valence-corrected chi connectivity index (χ4v) is 3.77. The number of nitrogens with zero attached hydrogens (tertiary/aromatic N) is 3. The van der Waals surface area contributed by atoms with E-state index in [-0.39, 0.29) is 36.8 Å². The highest BCUT2D eigenvalue weighted by molar-refractivity contribution is 5.85. The molecule has 7 heteroatoms. The minimum Gasteiger partial charge on any atom is -0.396 e. The van der Waals surface area contributed by atoms with Crippen LogP contribution in [0.2, 0.25) is 0 Å². The topological polar surface area (TPSA) is 75.3 Å². The standard InChI is InChI=1S/C16H26N4O.2ClH/c1-20(9-16(10-21)4-2-3-5-16)15-8-14(18-11-19-15)12-6-13(17)7-12;;/h8,11-13,21H,2-7,9-10,17H2,1H3;2*1H. The van der Waals surface area contributed by atoms with E-state index in [0.29, 0.717) is 12.0 Å². The van der Waals surface area contributed by atoms with Crippen molar-refractivity contribution in [2.75, 3.05) is 25.1 Å². The molecule has 3 rings (SSSR count). The predicted molar refractivity (Wildman–Crippen MR) is 97.7 cm³/mol. The molecule has 2 aliphatic carbocycles. The number of anilines is 1. The second-order valence-corrected chi connectivity index (χ2v) is 6.95. The molecule has 0 bridgehead atoms. The lowest BCUT2D eigenvalue weighted by molar-refractivity contribution is 0.136. The van der Waals surface area contributed by atoms with Gasteiger partial charge in [0.15, 0.2) is 0 Å². The lowest BCUT2D eigenvalue weighted by atomic mass is 9.78.